The minimum absolute atomic E-state index is 0.0212. The van der Waals surface area contributed by atoms with E-state index >= 15 is 0 Å². The van der Waals surface area contributed by atoms with Gasteiger partial charge < -0.3 is 9.47 Å². The molecule has 0 spiro atoms. The Bertz CT molecular complexity index is 564. The lowest BCUT2D eigenvalue weighted by Gasteiger charge is -2.22. The standard InChI is InChI=1S/C12H14BrN3O2/c1-17-8-5-6-14-12-10(8)11(13)15-16(12)9-4-2-3-7-18-9/h5-6,9H,2-4,7H2,1H3. The topological polar surface area (TPSA) is 49.2 Å². The maximum Gasteiger partial charge on any atom is 0.165 e. The van der Waals surface area contributed by atoms with Gasteiger partial charge in [0, 0.05) is 12.8 Å². The number of rotatable bonds is 2. The van der Waals surface area contributed by atoms with Crippen molar-refractivity contribution in [2.75, 3.05) is 13.7 Å². The number of methoxy groups -OCH3 is 1. The fraction of sp³-hybridized carbons (Fsp3) is 0.500. The predicted molar refractivity (Wildman–Crippen MR) is 70.6 cm³/mol. The molecule has 0 N–H and O–H groups in total. The lowest BCUT2D eigenvalue weighted by atomic mass is 10.2. The third-order valence-electron chi connectivity index (χ3n) is 3.16. The summed E-state index contributed by atoms with van der Waals surface area (Å²) in [6, 6.07) is 1.83. The molecule has 0 bridgehead atoms. The number of halogens is 1. The van der Waals surface area contributed by atoms with Crippen molar-refractivity contribution in [2.24, 2.45) is 0 Å². The maximum absolute atomic E-state index is 5.76. The second-order valence-corrected chi connectivity index (χ2v) is 5.02. The first-order chi connectivity index (χ1) is 8.81. The molecular weight excluding hydrogens is 298 g/mol. The van der Waals surface area contributed by atoms with Crippen LogP contribution in [0.15, 0.2) is 16.9 Å². The Kier molecular flexibility index (Phi) is 3.22. The van der Waals surface area contributed by atoms with Gasteiger partial charge in [-0.15, -0.1) is 0 Å². The van der Waals surface area contributed by atoms with Crippen molar-refractivity contribution in [1.82, 2.24) is 14.8 Å². The summed E-state index contributed by atoms with van der Waals surface area (Å²) in [5.74, 6) is 0.772. The highest BCUT2D eigenvalue weighted by atomic mass is 79.9. The molecule has 18 heavy (non-hydrogen) atoms. The van der Waals surface area contributed by atoms with Crippen LogP contribution in [0.5, 0.6) is 5.75 Å². The van der Waals surface area contributed by atoms with Crippen molar-refractivity contribution in [2.45, 2.75) is 25.5 Å². The van der Waals surface area contributed by atoms with Crippen LogP contribution in [-0.2, 0) is 4.74 Å². The van der Waals surface area contributed by atoms with Gasteiger partial charge in [-0.3, -0.25) is 0 Å². The molecule has 3 heterocycles. The predicted octanol–water partition coefficient (Wildman–Crippen LogP) is 2.90. The summed E-state index contributed by atoms with van der Waals surface area (Å²) in [5.41, 5.74) is 0.799. The molecule has 5 nitrogen and oxygen atoms in total. The molecule has 2 aromatic rings. The van der Waals surface area contributed by atoms with Gasteiger partial charge in [0.15, 0.2) is 11.9 Å². The molecule has 1 saturated heterocycles. The summed E-state index contributed by atoms with van der Waals surface area (Å²) in [6.07, 6.45) is 4.96. The molecule has 0 radical (unpaired) electrons. The largest absolute Gasteiger partial charge is 0.496 e. The van der Waals surface area contributed by atoms with Gasteiger partial charge in [-0.25, -0.2) is 9.67 Å². The highest BCUT2D eigenvalue weighted by Crippen LogP contribution is 2.34. The van der Waals surface area contributed by atoms with Crippen molar-refractivity contribution in [3.63, 3.8) is 0 Å². The first-order valence-corrected chi connectivity index (χ1v) is 6.79. The van der Waals surface area contributed by atoms with Crippen LogP contribution in [-0.4, -0.2) is 28.5 Å². The summed E-state index contributed by atoms with van der Waals surface area (Å²) in [4.78, 5) is 4.40. The number of ether oxygens (including phenoxy) is 2. The Morgan fingerprint density at radius 3 is 3.11 bits per heavy atom. The molecular formula is C12H14BrN3O2. The van der Waals surface area contributed by atoms with Gasteiger partial charge in [-0.05, 0) is 41.3 Å². The minimum Gasteiger partial charge on any atom is -0.496 e. The van der Waals surface area contributed by atoms with Crippen molar-refractivity contribution in [3.8, 4) is 5.75 Å². The molecule has 0 aromatic carbocycles. The average Bonchev–Trinajstić information content (AvgIpc) is 2.77. The maximum atomic E-state index is 5.76. The van der Waals surface area contributed by atoms with Crippen LogP contribution in [0.1, 0.15) is 25.5 Å². The van der Waals surface area contributed by atoms with Gasteiger partial charge in [-0.1, -0.05) is 0 Å². The molecule has 96 valence electrons. The second-order valence-electron chi connectivity index (χ2n) is 4.27. The number of pyridine rings is 1. The number of hydrogen-bond donors (Lipinski definition) is 0. The monoisotopic (exact) mass is 311 g/mol. The molecule has 0 amide bonds. The molecule has 0 aliphatic carbocycles. The molecule has 1 aliphatic heterocycles. The van der Waals surface area contributed by atoms with Crippen LogP contribution in [0.2, 0.25) is 0 Å². The van der Waals surface area contributed by atoms with Gasteiger partial charge in [0.1, 0.15) is 10.4 Å². The summed E-state index contributed by atoms with van der Waals surface area (Å²) in [7, 11) is 1.65. The first-order valence-electron chi connectivity index (χ1n) is 5.99. The minimum atomic E-state index is -0.0212. The smallest absolute Gasteiger partial charge is 0.165 e. The molecule has 1 fully saturated rings. The zero-order chi connectivity index (χ0) is 12.5. The van der Waals surface area contributed by atoms with Crippen LogP contribution in [0, 0.1) is 0 Å². The quantitative estimate of drug-likeness (QED) is 0.855. The fourth-order valence-corrected chi connectivity index (χ4v) is 2.82. The first kappa shape index (κ1) is 11.9. The van der Waals surface area contributed by atoms with Crippen LogP contribution >= 0.6 is 15.9 Å². The van der Waals surface area contributed by atoms with E-state index in [1.54, 1.807) is 13.3 Å². The van der Waals surface area contributed by atoms with E-state index in [1.165, 1.54) is 0 Å². The molecule has 1 unspecified atom stereocenters. The van der Waals surface area contributed by atoms with Gasteiger partial charge in [0.25, 0.3) is 0 Å². The number of aromatic nitrogens is 3. The van der Waals surface area contributed by atoms with Crippen molar-refractivity contribution in [1.29, 1.82) is 0 Å². The molecule has 6 heteroatoms. The summed E-state index contributed by atoms with van der Waals surface area (Å²) >= 11 is 3.47. The van der Waals surface area contributed by atoms with Gasteiger partial charge >= 0.3 is 0 Å². The molecule has 2 aromatic heterocycles. The highest BCUT2D eigenvalue weighted by Gasteiger charge is 2.22. The molecule has 1 atom stereocenters. The van der Waals surface area contributed by atoms with Crippen molar-refractivity contribution < 1.29 is 9.47 Å². The van der Waals surface area contributed by atoms with Crippen molar-refractivity contribution in [3.05, 3.63) is 16.9 Å². The summed E-state index contributed by atoms with van der Waals surface area (Å²) in [6.45, 7) is 0.785. The van der Waals surface area contributed by atoms with E-state index in [0.29, 0.717) is 0 Å². The summed E-state index contributed by atoms with van der Waals surface area (Å²) in [5, 5.41) is 5.39. The van der Waals surface area contributed by atoms with E-state index in [9.17, 15) is 0 Å². The zero-order valence-electron chi connectivity index (χ0n) is 10.1. The Morgan fingerprint density at radius 2 is 2.39 bits per heavy atom. The Hall–Kier alpha value is -1.14. The lowest BCUT2D eigenvalue weighted by molar-refractivity contribution is -0.0371. The van der Waals surface area contributed by atoms with E-state index in [-0.39, 0.29) is 6.23 Å². The Labute approximate surface area is 113 Å². The fourth-order valence-electron chi connectivity index (χ4n) is 2.28. The average molecular weight is 312 g/mol. The van der Waals surface area contributed by atoms with E-state index in [0.717, 1.165) is 47.3 Å². The zero-order valence-corrected chi connectivity index (χ0v) is 11.7. The third kappa shape index (κ3) is 1.89. The van der Waals surface area contributed by atoms with Crippen LogP contribution in [0.3, 0.4) is 0 Å². The van der Waals surface area contributed by atoms with Gasteiger partial charge in [0.2, 0.25) is 0 Å². The van der Waals surface area contributed by atoms with Crippen LogP contribution in [0.4, 0.5) is 0 Å². The van der Waals surface area contributed by atoms with E-state index < -0.39 is 0 Å². The van der Waals surface area contributed by atoms with Gasteiger partial charge in [-0.2, -0.15) is 5.10 Å². The molecule has 0 saturated carbocycles. The van der Waals surface area contributed by atoms with Gasteiger partial charge in [0.05, 0.1) is 12.5 Å². The number of fused-ring (bicyclic) bond motifs is 1. The molecule has 1 aliphatic rings. The van der Waals surface area contributed by atoms with Crippen LogP contribution in [0.25, 0.3) is 11.0 Å². The van der Waals surface area contributed by atoms with E-state index in [1.807, 2.05) is 10.7 Å². The molecule has 3 rings (SSSR count). The Morgan fingerprint density at radius 1 is 1.50 bits per heavy atom. The SMILES string of the molecule is COc1ccnc2c1c(Br)nn2C1CCCCO1. The number of hydrogen-bond acceptors (Lipinski definition) is 4. The number of nitrogens with zero attached hydrogens (tertiary/aromatic N) is 3. The summed E-state index contributed by atoms with van der Waals surface area (Å²) < 4.78 is 13.7. The second kappa shape index (κ2) is 4.85. The van der Waals surface area contributed by atoms with E-state index in [2.05, 4.69) is 26.0 Å². The lowest BCUT2D eigenvalue weighted by Crippen LogP contribution is -2.19. The normalized spacial score (nSPS) is 20.2. The van der Waals surface area contributed by atoms with E-state index in [4.69, 9.17) is 9.47 Å². The Balaban J connectivity index is 2.12. The highest BCUT2D eigenvalue weighted by molar-refractivity contribution is 9.10. The van der Waals surface area contributed by atoms with Crippen LogP contribution < -0.4 is 4.74 Å². The van der Waals surface area contributed by atoms with Crippen molar-refractivity contribution >= 4 is 27.0 Å². The third-order valence-corrected chi connectivity index (χ3v) is 3.72.